The molecule has 5 nitrogen and oxygen atoms in total. The number of nitrogens with zero attached hydrogens (tertiary/aromatic N) is 3. The van der Waals surface area contributed by atoms with E-state index in [1.165, 1.54) is 0 Å². The van der Waals surface area contributed by atoms with Crippen LogP contribution in [0, 0.1) is 0 Å². The van der Waals surface area contributed by atoms with Gasteiger partial charge in [0.1, 0.15) is 12.4 Å². The summed E-state index contributed by atoms with van der Waals surface area (Å²) in [6.45, 7) is 1.45. The van der Waals surface area contributed by atoms with Crippen molar-refractivity contribution in [2.45, 2.75) is 0 Å². The molecule has 2 aromatic rings. The standard InChI is InChI=1S/C14H17N3O2/c1-17(2)7-8-19-13-9-15-14(16-10-13)11-3-5-12(18)6-4-11/h3-6,9-10,18H,7-8H2,1-2H3. The number of rotatable bonds is 5. The summed E-state index contributed by atoms with van der Waals surface area (Å²) >= 11 is 0. The fourth-order valence-electron chi connectivity index (χ4n) is 1.50. The van der Waals surface area contributed by atoms with Crippen LogP contribution >= 0.6 is 0 Å². The van der Waals surface area contributed by atoms with Crippen molar-refractivity contribution in [3.05, 3.63) is 36.7 Å². The predicted octanol–water partition coefficient (Wildman–Crippen LogP) is 1.79. The second-order valence-corrected chi connectivity index (χ2v) is 4.44. The molecule has 5 heteroatoms. The summed E-state index contributed by atoms with van der Waals surface area (Å²) in [4.78, 5) is 10.5. The molecule has 0 aliphatic heterocycles. The summed E-state index contributed by atoms with van der Waals surface area (Å²) in [5, 5.41) is 9.22. The van der Waals surface area contributed by atoms with Gasteiger partial charge in [0.25, 0.3) is 0 Å². The Labute approximate surface area is 112 Å². The molecule has 0 saturated heterocycles. The SMILES string of the molecule is CN(C)CCOc1cnc(-c2ccc(O)cc2)nc1. The molecule has 0 atom stereocenters. The first kappa shape index (κ1) is 13.3. The molecule has 0 saturated carbocycles. The fourth-order valence-corrected chi connectivity index (χ4v) is 1.50. The summed E-state index contributed by atoms with van der Waals surface area (Å²) in [7, 11) is 3.99. The summed E-state index contributed by atoms with van der Waals surface area (Å²) < 4.78 is 5.52. The zero-order chi connectivity index (χ0) is 13.7. The molecule has 1 N–H and O–H groups in total. The number of phenols is 1. The van der Waals surface area contributed by atoms with Gasteiger partial charge in [-0.2, -0.15) is 0 Å². The second-order valence-electron chi connectivity index (χ2n) is 4.44. The molecule has 1 aromatic carbocycles. The quantitative estimate of drug-likeness (QED) is 0.887. The number of benzene rings is 1. The molecule has 19 heavy (non-hydrogen) atoms. The zero-order valence-corrected chi connectivity index (χ0v) is 11.1. The lowest BCUT2D eigenvalue weighted by Gasteiger charge is -2.10. The van der Waals surface area contributed by atoms with Gasteiger partial charge in [-0.15, -0.1) is 0 Å². The Bertz CT molecular complexity index is 509. The van der Waals surface area contributed by atoms with Crippen LogP contribution in [0.3, 0.4) is 0 Å². The maximum Gasteiger partial charge on any atom is 0.159 e. The van der Waals surface area contributed by atoms with E-state index in [1.807, 2.05) is 19.0 Å². The minimum absolute atomic E-state index is 0.229. The molecule has 0 fully saturated rings. The lowest BCUT2D eigenvalue weighted by atomic mass is 10.2. The van der Waals surface area contributed by atoms with Gasteiger partial charge in [0, 0.05) is 12.1 Å². The molecule has 0 aliphatic rings. The van der Waals surface area contributed by atoms with Crippen LogP contribution in [0.25, 0.3) is 11.4 Å². The van der Waals surface area contributed by atoms with Crippen LogP contribution < -0.4 is 4.74 Å². The number of aromatic nitrogens is 2. The number of likely N-dealkylation sites (N-methyl/N-ethyl adjacent to an activating group) is 1. The average molecular weight is 259 g/mol. The first-order valence-corrected chi connectivity index (χ1v) is 6.04. The highest BCUT2D eigenvalue weighted by Gasteiger charge is 2.02. The van der Waals surface area contributed by atoms with E-state index in [0.29, 0.717) is 18.2 Å². The van der Waals surface area contributed by atoms with E-state index >= 15 is 0 Å². The molecule has 1 aromatic heterocycles. The maximum atomic E-state index is 9.22. The topological polar surface area (TPSA) is 58.5 Å². The molecule has 100 valence electrons. The predicted molar refractivity (Wildman–Crippen MR) is 73.2 cm³/mol. The molecule has 0 aliphatic carbocycles. The molecule has 0 bridgehead atoms. The summed E-state index contributed by atoms with van der Waals surface area (Å²) in [6, 6.07) is 6.77. The maximum absolute atomic E-state index is 9.22. The van der Waals surface area contributed by atoms with Crippen molar-refractivity contribution in [1.29, 1.82) is 0 Å². The van der Waals surface area contributed by atoms with E-state index < -0.39 is 0 Å². The smallest absolute Gasteiger partial charge is 0.159 e. The zero-order valence-electron chi connectivity index (χ0n) is 11.1. The number of hydrogen-bond donors (Lipinski definition) is 1. The number of hydrogen-bond acceptors (Lipinski definition) is 5. The Morgan fingerprint density at radius 3 is 2.32 bits per heavy atom. The second kappa shape index (κ2) is 6.15. The van der Waals surface area contributed by atoms with E-state index in [4.69, 9.17) is 4.74 Å². The van der Waals surface area contributed by atoms with Crippen LogP contribution in [0.2, 0.25) is 0 Å². The van der Waals surface area contributed by atoms with Gasteiger partial charge in [-0.05, 0) is 38.4 Å². The van der Waals surface area contributed by atoms with Gasteiger partial charge < -0.3 is 14.7 Å². The summed E-state index contributed by atoms with van der Waals surface area (Å²) in [5.41, 5.74) is 0.859. The van der Waals surface area contributed by atoms with E-state index in [9.17, 15) is 5.11 Å². The minimum Gasteiger partial charge on any atom is -0.508 e. The summed E-state index contributed by atoms with van der Waals surface area (Å²) in [6.07, 6.45) is 3.32. The first-order chi connectivity index (χ1) is 9.15. The van der Waals surface area contributed by atoms with Crippen LogP contribution in [0.5, 0.6) is 11.5 Å². The largest absolute Gasteiger partial charge is 0.508 e. The third kappa shape index (κ3) is 3.93. The number of phenolic OH excluding ortho intramolecular Hbond substituents is 1. The van der Waals surface area contributed by atoms with Gasteiger partial charge in [0.2, 0.25) is 0 Å². The first-order valence-electron chi connectivity index (χ1n) is 6.04. The Morgan fingerprint density at radius 1 is 1.11 bits per heavy atom. The normalized spacial score (nSPS) is 10.7. The fraction of sp³-hybridized carbons (Fsp3) is 0.286. The minimum atomic E-state index is 0.229. The lowest BCUT2D eigenvalue weighted by molar-refractivity contribution is 0.260. The monoisotopic (exact) mass is 259 g/mol. The van der Waals surface area contributed by atoms with E-state index in [2.05, 4.69) is 9.97 Å². The van der Waals surface area contributed by atoms with Gasteiger partial charge in [-0.3, -0.25) is 0 Å². The molecule has 0 spiro atoms. The summed E-state index contributed by atoms with van der Waals surface area (Å²) in [5.74, 6) is 1.50. The third-order valence-corrected chi connectivity index (χ3v) is 2.56. The van der Waals surface area contributed by atoms with Crippen molar-refractivity contribution >= 4 is 0 Å². The van der Waals surface area contributed by atoms with Crippen molar-refractivity contribution in [2.24, 2.45) is 0 Å². The van der Waals surface area contributed by atoms with Crippen molar-refractivity contribution in [3.8, 4) is 22.9 Å². The van der Waals surface area contributed by atoms with E-state index in [-0.39, 0.29) is 5.75 Å². The lowest BCUT2D eigenvalue weighted by Crippen LogP contribution is -2.19. The van der Waals surface area contributed by atoms with Crippen molar-refractivity contribution in [3.63, 3.8) is 0 Å². The molecule has 0 unspecified atom stereocenters. The molecule has 2 rings (SSSR count). The average Bonchev–Trinajstić information content (AvgIpc) is 2.40. The van der Waals surface area contributed by atoms with Gasteiger partial charge in [-0.25, -0.2) is 9.97 Å². The van der Waals surface area contributed by atoms with Crippen LogP contribution in [0.4, 0.5) is 0 Å². The van der Waals surface area contributed by atoms with Crippen LogP contribution in [0.1, 0.15) is 0 Å². The van der Waals surface area contributed by atoms with Gasteiger partial charge >= 0.3 is 0 Å². The van der Waals surface area contributed by atoms with Crippen molar-refractivity contribution in [1.82, 2.24) is 14.9 Å². The van der Waals surface area contributed by atoms with Crippen molar-refractivity contribution in [2.75, 3.05) is 27.2 Å². The number of ether oxygens (including phenoxy) is 1. The molecular formula is C14H17N3O2. The van der Waals surface area contributed by atoms with Gasteiger partial charge in [-0.1, -0.05) is 0 Å². The van der Waals surface area contributed by atoms with Crippen LogP contribution in [0.15, 0.2) is 36.7 Å². The van der Waals surface area contributed by atoms with Gasteiger partial charge in [0.15, 0.2) is 11.6 Å². The van der Waals surface area contributed by atoms with Gasteiger partial charge in [0.05, 0.1) is 12.4 Å². The molecular weight excluding hydrogens is 242 g/mol. The molecule has 0 amide bonds. The Hall–Kier alpha value is -2.14. The molecule has 1 heterocycles. The Balaban J connectivity index is 2.00. The third-order valence-electron chi connectivity index (χ3n) is 2.56. The highest BCUT2D eigenvalue weighted by Crippen LogP contribution is 2.19. The highest BCUT2D eigenvalue weighted by atomic mass is 16.5. The Morgan fingerprint density at radius 2 is 1.74 bits per heavy atom. The van der Waals surface area contributed by atoms with E-state index in [0.717, 1.165) is 12.1 Å². The Kier molecular flexibility index (Phi) is 4.30. The van der Waals surface area contributed by atoms with E-state index in [1.54, 1.807) is 36.7 Å². The van der Waals surface area contributed by atoms with Crippen LogP contribution in [-0.2, 0) is 0 Å². The van der Waals surface area contributed by atoms with Crippen LogP contribution in [-0.4, -0.2) is 47.2 Å². The highest BCUT2D eigenvalue weighted by molar-refractivity contribution is 5.55. The molecule has 0 radical (unpaired) electrons. The number of aromatic hydroxyl groups is 1. The van der Waals surface area contributed by atoms with Crippen molar-refractivity contribution < 1.29 is 9.84 Å².